The molecule has 2 atom stereocenters. The lowest BCUT2D eigenvalue weighted by Crippen LogP contribution is -2.87. The average molecular weight is 352 g/mol. The Labute approximate surface area is 147 Å². The molecule has 1 amide bonds. The van der Waals surface area contributed by atoms with Crippen LogP contribution in [0.15, 0.2) is 48.5 Å². The van der Waals surface area contributed by atoms with E-state index in [1.54, 1.807) is 0 Å². The van der Waals surface area contributed by atoms with Gasteiger partial charge in [0.25, 0.3) is 5.91 Å². The molecule has 0 fully saturated rings. The number of halogens is 2. The lowest BCUT2D eigenvalue weighted by Gasteiger charge is -2.15. The number of amides is 1. The molecule has 2 rings (SSSR count). The van der Waals surface area contributed by atoms with Crippen molar-refractivity contribution in [3.8, 4) is 0 Å². The van der Waals surface area contributed by atoms with Crippen LogP contribution in [-0.4, -0.2) is 12.5 Å². The van der Waals surface area contributed by atoms with Gasteiger partial charge >= 0.3 is 0 Å². The van der Waals surface area contributed by atoms with Gasteiger partial charge in [-0.15, -0.1) is 0 Å². The predicted molar refractivity (Wildman–Crippen MR) is 94.7 cm³/mol. The molecule has 23 heavy (non-hydrogen) atoms. The zero-order valence-electron chi connectivity index (χ0n) is 13.2. The van der Waals surface area contributed by atoms with Crippen molar-refractivity contribution < 1.29 is 10.1 Å². The van der Waals surface area contributed by atoms with Crippen LogP contribution in [0.3, 0.4) is 0 Å². The normalized spacial score (nSPS) is 13.4. The van der Waals surface area contributed by atoms with E-state index in [1.165, 1.54) is 0 Å². The molecular weight excluding hydrogens is 331 g/mol. The van der Waals surface area contributed by atoms with E-state index < -0.39 is 0 Å². The minimum absolute atomic E-state index is 0.00765. The number of carbonyl (C=O) groups is 1. The molecule has 0 bridgehead atoms. The second-order valence-corrected chi connectivity index (χ2v) is 6.49. The summed E-state index contributed by atoms with van der Waals surface area (Å²) >= 11 is 11.8. The fourth-order valence-electron chi connectivity index (χ4n) is 2.32. The highest BCUT2D eigenvalue weighted by Gasteiger charge is 2.14. The molecule has 0 aliphatic rings. The lowest BCUT2D eigenvalue weighted by atomic mass is 10.1. The number of benzene rings is 2. The van der Waals surface area contributed by atoms with Crippen LogP contribution in [0.4, 0.5) is 0 Å². The topological polar surface area (TPSA) is 45.7 Å². The Bertz CT molecular complexity index is 641. The van der Waals surface area contributed by atoms with E-state index in [0.717, 1.165) is 16.1 Å². The molecule has 0 unspecified atom stereocenters. The van der Waals surface area contributed by atoms with Crippen LogP contribution >= 0.6 is 23.2 Å². The molecule has 3 N–H and O–H groups in total. The molecule has 0 aromatic heterocycles. The van der Waals surface area contributed by atoms with Gasteiger partial charge in [0.1, 0.15) is 6.04 Å². The molecule has 3 nitrogen and oxygen atoms in total. The zero-order valence-corrected chi connectivity index (χ0v) is 14.7. The molecule has 0 aliphatic carbocycles. The highest BCUT2D eigenvalue weighted by molar-refractivity contribution is 6.30. The van der Waals surface area contributed by atoms with Gasteiger partial charge in [-0.3, -0.25) is 4.79 Å². The van der Waals surface area contributed by atoms with E-state index in [2.05, 4.69) is 12.2 Å². The maximum atomic E-state index is 12.1. The Morgan fingerprint density at radius 1 is 0.957 bits per heavy atom. The molecule has 0 spiro atoms. The second kappa shape index (κ2) is 8.34. The van der Waals surface area contributed by atoms with Crippen molar-refractivity contribution in [2.24, 2.45) is 0 Å². The van der Waals surface area contributed by atoms with Crippen molar-refractivity contribution in [3.05, 3.63) is 69.7 Å². The first-order chi connectivity index (χ1) is 11.0. The molecule has 0 heterocycles. The van der Waals surface area contributed by atoms with Gasteiger partial charge in [0.05, 0.1) is 6.04 Å². The molecule has 0 saturated heterocycles. The van der Waals surface area contributed by atoms with Crippen LogP contribution in [0.1, 0.15) is 37.1 Å². The van der Waals surface area contributed by atoms with E-state index in [0.29, 0.717) is 11.6 Å². The highest BCUT2D eigenvalue weighted by atomic mass is 35.5. The second-order valence-electron chi connectivity index (χ2n) is 5.62. The van der Waals surface area contributed by atoms with Gasteiger partial charge in [-0.05, 0) is 43.7 Å². The Morgan fingerprint density at radius 3 is 1.96 bits per heavy atom. The Kier molecular flexibility index (Phi) is 6.46. The zero-order chi connectivity index (χ0) is 16.8. The van der Waals surface area contributed by atoms with Gasteiger partial charge in [-0.2, -0.15) is 0 Å². The molecule has 0 aliphatic heterocycles. The van der Waals surface area contributed by atoms with Crippen molar-refractivity contribution in [2.45, 2.75) is 25.9 Å². The fourth-order valence-corrected chi connectivity index (χ4v) is 2.57. The summed E-state index contributed by atoms with van der Waals surface area (Å²) in [5.41, 5.74) is 2.18. The number of nitrogens with one attached hydrogen (secondary N) is 1. The maximum Gasteiger partial charge on any atom is 0.275 e. The van der Waals surface area contributed by atoms with E-state index in [-0.39, 0.29) is 18.0 Å². The lowest BCUT2D eigenvalue weighted by molar-refractivity contribution is -0.682. The Balaban J connectivity index is 1.82. The third kappa shape index (κ3) is 5.54. The largest absolute Gasteiger partial charge is 0.345 e. The van der Waals surface area contributed by atoms with Crippen LogP contribution in [0, 0.1) is 0 Å². The molecule has 122 valence electrons. The van der Waals surface area contributed by atoms with Gasteiger partial charge < -0.3 is 10.6 Å². The first-order valence-electron chi connectivity index (χ1n) is 7.59. The van der Waals surface area contributed by atoms with Gasteiger partial charge in [-0.25, -0.2) is 0 Å². The molecule has 2 aromatic rings. The molecule has 0 saturated carbocycles. The summed E-state index contributed by atoms with van der Waals surface area (Å²) in [5.74, 6) is 0.00765. The van der Waals surface area contributed by atoms with Gasteiger partial charge in [0.15, 0.2) is 6.54 Å². The standard InChI is InChI=1S/C18H20Cl2N2O/c1-12(14-3-7-16(19)8-4-14)21-11-18(23)22-13(2)15-5-9-17(20)10-6-15/h3-10,12-13,21H,11H2,1-2H3,(H,22,23)/p+1/t12-,13+/m0/s1. The highest BCUT2D eigenvalue weighted by Crippen LogP contribution is 2.16. The smallest absolute Gasteiger partial charge is 0.275 e. The van der Waals surface area contributed by atoms with Gasteiger partial charge in [0.2, 0.25) is 0 Å². The van der Waals surface area contributed by atoms with Crippen molar-refractivity contribution in [3.63, 3.8) is 0 Å². The number of carbonyl (C=O) groups excluding carboxylic acids is 1. The van der Waals surface area contributed by atoms with E-state index in [1.807, 2.05) is 60.8 Å². The van der Waals surface area contributed by atoms with Gasteiger partial charge in [-0.1, -0.05) is 47.5 Å². The summed E-state index contributed by atoms with van der Waals surface area (Å²) < 4.78 is 0. The van der Waals surface area contributed by atoms with Crippen molar-refractivity contribution >= 4 is 29.1 Å². The average Bonchev–Trinajstić information content (AvgIpc) is 2.54. The van der Waals surface area contributed by atoms with Crippen LogP contribution in [-0.2, 0) is 4.79 Å². The summed E-state index contributed by atoms with van der Waals surface area (Å²) in [4.78, 5) is 12.1. The number of hydrogen-bond donors (Lipinski definition) is 2. The molecular formula is C18H21Cl2N2O+. The minimum Gasteiger partial charge on any atom is -0.345 e. The first-order valence-corrected chi connectivity index (χ1v) is 8.35. The minimum atomic E-state index is -0.0426. The van der Waals surface area contributed by atoms with Crippen molar-refractivity contribution in [1.29, 1.82) is 0 Å². The van der Waals surface area contributed by atoms with Gasteiger partial charge in [0, 0.05) is 15.6 Å². The maximum absolute atomic E-state index is 12.1. The van der Waals surface area contributed by atoms with Crippen molar-refractivity contribution in [2.75, 3.05) is 6.54 Å². The Hall–Kier alpha value is -1.55. The number of hydrogen-bond acceptors (Lipinski definition) is 1. The van der Waals surface area contributed by atoms with Crippen LogP contribution in [0.25, 0.3) is 0 Å². The van der Waals surface area contributed by atoms with Crippen molar-refractivity contribution in [1.82, 2.24) is 5.32 Å². The summed E-state index contributed by atoms with van der Waals surface area (Å²) in [6.45, 7) is 4.41. The SMILES string of the molecule is C[C@H]([NH2+]CC(=O)N[C@H](C)c1ccc(Cl)cc1)c1ccc(Cl)cc1. The Morgan fingerprint density at radius 2 is 1.43 bits per heavy atom. The molecule has 0 radical (unpaired) electrons. The van der Waals surface area contributed by atoms with Crippen LogP contribution < -0.4 is 10.6 Å². The number of nitrogens with two attached hydrogens (primary N) is 1. The molecule has 5 heteroatoms. The summed E-state index contributed by atoms with van der Waals surface area (Å²) in [6.07, 6.45) is 0. The summed E-state index contributed by atoms with van der Waals surface area (Å²) in [7, 11) is 0. The third-order valence-corrected chi connectivity index (χ3v) is 4.30. The van der Waals surface area contributed by atoms with Crippen LogP contribution in [0.2, 0.25) is 10.0 Å². The first kappa shape index (κ1) is 17.8. The van der Waals surface area contributed by atoms with Crippen LogP contribution in [0.5, 0.6) is 0 Å². The van der Waals surface area contributed by atoms with E-state index in [9.17, 15) is 4.79 Å². The fraction of sp³-hybridized carbons (Fsp3) is 0.278. The summed E-state index contributed by atoms with van der Waals surface area (Å²) in [5, 5.41) is 6.41. The quantitative estimate of drug-likeness (QED) is 0.821. The number of quaternary nitrogens is 1. The predicted octanol–water partition coefficient (Wildman–Crippen LogP) is 3.50. The van der Waals surface area contributed by atoms with E-state index >= 15 is 0 Å². The summed E-state index contributed by atoms with van der Waals surface area (Å²) in [6, 6.07) is 15.4. The van der Waals surface area contributed by atoms with E-state index in [4.69, 9.17) is 23.2 Å². The monoisotopic (exact) mass is 351 g/mol. The third-order valence-electron chi connectivity index (χ3n) is 3.80. The number of rotatable bonds is 6. The molecule has 2 aromatic carbocycles.